The summed E-state index contributed by atoms with van der Waals surface area (Å²) in [6.45, 7) is 3.88. The van der Waals surface area contributed by atoms with Crippen LogP contribution in [0.1, 0.15) is 60.6 Å². The van der Waals surface area contributed by atoms with E-state index in [1.54, 1.807) is 35.3 Å². The van der Waals surface area contributed by atoms with E-state index in [4.69, 9.17) is 11.6 Å². The largest absolute Gasteiger partial charge is 0.416 e. The van der Waals surface area contributed by atoms with Crippen molar-refractivity contribution in [1.82, 2.24) is 4.98 Å². The normalized spacial score (nSPS) is 13.3. The summed E-state index contributed by atoms with van der Waals surface area (Å²) in [7, 11) is 0. The first-order chi connectivity index (χ1) is 33.9. The molecule has 1 heterocycles. The average molecular weight is 1120 g/mol. The van der Waals surface area contributed by atoms with Crippen LogP contribution in [0.4, 0.5) is 105 Å². The topological polar surface area (TPSA) is 33.8 Å². The molecule has 1 aromatic heterocycles. The van der Waals surface area contributed by atoms with Gasteiger partial charge in [0, 0.05) is 5.56 Å². The minimum atomic E-state index is -6.13. The van der Waals surface area contributed by atoms with E-state index in [1.807, 2.05) is 18.2 Å². The third-order valence-corrected chi connectivity index (χ3v) is 11.2. The summed E-state index contributed by atoms with van der Waals surface area (Å²) in [5, 5.41) is 0.365. The van der Waals surface area contributed by atoms with Crippen LogP contribution in [0.15, 0.2) is 128 Å². The molecule has 3 nitrogen and oxygen atoms in total. The molecular formula is C46H24BClF24N2O. The summed E-state index contributed by atoms with van der Waals surface area (Å²) in [5.74, 6) is 0.0194. The monoisotopic (exact) mass is 1120 g/mol. The Bertz CT molecular complexity index is 2640. The Kier molecular flexibility index (Phi) is 16.1. The van der Waals surface area contributed by atoms with Gasteiger partial charge in [-0.1, -0.05) is 97.0 Å². The molecule has 0 saturated carbocycles. The summed E-state index contributed by atoms with van der Waals surface area (Å²) in [5.41, 5.74) is -28.9. The van der Waals surface area contributed by atoms with Gasteiger partial charge in [0.1, 0.15) is 17.4 Å². The van der Waals surface area contributed by atoms with Gasteiger partial charge in [-0.2, -0.15) is 132 Å². The number of aromatic nitrogens is 2. The summed E-state index contributed by atoms with van der Waals surface area (Å²) >= 11 is 5.87. The molecule has 0 aliphatic rings. The molecule has 29 heteroatoms. The molecule has 0 unspecified atom stereocenters. The molecule has 0 spiro atoms. The van der Waals surface area contributed by atoms with Gasteiger partial charge < -0.3 is 0 Å². The lowest BCUT2D eigenvalue weighted by Crippen LogP contribution is -2.75. The molecule has 0 saturated heterocycles. The van der Waals surface area contributed by atoms with Gasteiger partial charge in [-0.3, -0.25) is 9.78 Å². The molecule has 5 aromatic carbocycles. The maximum atomic E-state index is 14.2. The lowest BCUT2D eigenvalue weighted by molar-refractivity contribution is -0.685. The van der Waals surface area contributed by atoms with E-state index in [2.05, 4.69) is 11.6 Å². The molecule has 6 rings (SSSR count). The molecular weight excluding hydrogens is 1100 g/mol. The zero-order valence-corrected chi connectivity index (χ0v) is 37.0. The van der Waals surface area contributed by atoms with E-state index in [0.717, 1.165) is 0 Å². The van der Waals surface area contributed by atoms with Gasteiger partial charge in [-0.15, -0.1) is 0 Å². The highest BCUT2D eigenvalue weighted by atomic mass is 35.5. The molecule has 0 atom stereocenters. The van der Waals surface area contributed by atoms with Gasteiger partial charge in [0.25, 0.3) is 0 Å². The first kappa shape index (κ1) is 59.1. The number of nitrogens with zero attached hydrogens (tertiary/aromatic N) is 2. The fourth-order valence-corrected chi connectivity index (χ4v) is 7.85. The Balaban J connectivity index is 0.000000483. The number of carbonyl (C=O) groups is 1. The van der Waals surface area contributed by atoms with Crippen LogP contribution < -0.4 is 26.4 Å². The molecule has 0 aliphatic heterocycles. The maximum Gasteiger partial charge on any atom is 0.416 e. The molecule has 402 valence electrons. The van der Waals surface area contributed by atoms with Crippen molar-refractivity contribution < 1.29 is 115 Å². The van der Waals surface area contributed by atoms with Crippen LogP contribution in [0.3, 0.4) is 0 Å². The number of Topliss-reactive ketones (excluding diaryl/α,β-unsaturated/α-hetero) is 1. The van der Waals surface area contributed by atoms with E-state index >= 15 is 0 Å². The van der Waals surface area contributed by atoms with E-state index in [-0.39, 0.29) is 12.3 Å². The fraction of sp³-hybridized carbons (Fsp3) is 0.196. The highest BCUT2D eigenvalue weighted by Crippen LogP contribution is 2.41. The van der Waals surface area contributed by atoms with Crippen LogP contribution >= 0.6 is 11.6 Å². The Morgan fingerprint density at radius 1 is 0.440 bits per heavy atom. The van der Waals surface area contributed by atoms with Crippen molar-refractivity contribution in [2.45, 2.75) is 56.0 Å². The first-order valence-corrected chi connectivity index (χ1v) is 20.4. The van der Waals surface area contributed by atoms with Crippen LogP contribution in [0.25, 0.3) is 5.03 Å². The number of halogens is 25. The average Bonchev–Trinajstić information content (AvgIpc) is 3.27. The molecule has 0 radical (unpaired) electrons. The van der Waals surface area contributed by atoms with Gasteiger partial charge in [0.05, 0.1) is 50.7 Å². The molecule has 75 heavy (non-hydrogen) atoms. The zero-order valence-electron chi connectivity index (χ0n) is 36.3. The van der Waals surface area contributed by atoms with E-state index in [0.29, 0.717) is 16.3 Å². The van der Waals surface area contributed by atoms with Crippen LogP contribution in [0.2, 0.25) is 0 Å². The third kappa shape index (κ3) is 13.8. The number of ketones is 1. The third-order valence-electron chi connectivity index (χ3n) is 11.0. The Morgan fingerprint density at radius 3 is 0.920 bits per heavy atom. The second kappa shape index (κ2) is 20.4. The highest BCUT2D eigenvalue weighted by Gasteiger charge is 2.47. The number of hydrogen-bond acceptors (Lipinski definition) is 2. The summed E-state index contributed by atoms with van der Waals surface area (Å²) in [6, 6.07) is 0.327. The fourth-order valence-electron chi connectivity index (χ4n) is 7.69. The molecule has 0 fully saturated rings. The second-order valence-corrected chi connectivity index (χ2v) is 16.5. The minimum Gasteiger partial charge on any atom is -0.287 e. The number of rotatable bonds is 8. The molecule has 0 amide bonds. The second-order valence-electron chi connectivity index (χ2n) is 16.0. The van der Waals surface area contributed by atoms with E-state index in [9.17, 15) is 110 Å². The SMILES string of the molecule is C=C(Cl)c1cncc[n+]1CC(=O)c1ccccc1.FC(F)(F)c1cc([B-](c2cc(C(F)(F)F)cc(C(F)(F)F)c2)(c2cc(C(F)(F)F)cc(C(F)(F)F)c2)c2cc(C(F)(F)F)cc(C(F)(F)F)c2)cc(C(F)(F)F)c1. The number of hydrogen-bond donors (Lipinski definition) is 0. The van der Waals surface area contributed by atoms with Crippen molar-refractivity contribution in [1.29, 1.82) is 0 Å². The van der Waals surface area contributed by atoms with Gasteiger partial charge >= 0.3 is 49.4 Å². The number of alkyl halides is 24. The van der Waals surface area contributed by atoms with Crippen molar-refractivity contribution in [3.63, 3.8) is 0 Å². The van der Waals surface area contributed by atoms with Crippen LogP contribution in [0.5, 0.6) is 0 Å². The van der Waals surface area contributed by atoms with Gasteiger partial charge in [-0.05, 0) is 24.3 Å². The number of carbonyl (C=O) groups excluding carboxylic acids is 1. The van der Waals surface area contributed by atoms with E-state index in [1.165, 1.54) is 0 Å². The maximum absolute atomic E-state index is 14.2. The Morgan fingerprint density at radius 2 is 0.693 bits per heavy atom. The smallest absolute Gasteiger partial charge is 0.287 e. The number of benzene rings is 5. The van der Waals surface area contributed by atoms with Gasteiger partial charge in [0.2, 0.25) is 18.0 Å². The standard InChI is InChI=1S/C32H12BF24.C14H12ClN2O/c34-25(35,36)13-1-14(26(37,38)39)6-21(5-13)33(22-7-15(27(40,41)42)2-16(8-22)28(43,44)45,23-9-17(29(46,47)48)3-18(10-23)30(49,50)51)24-11-19(31(52,53)54)4-20(12-24)32(55,56)57;1-11(15)13-9-16-7-8-17(13)10-14(18)12-5-3-2-4-6-12/h1-12H;2-9H,1,10H2/q-1;+1. The molecule has 0 aliphatic carbocycles. The van der Waals surface area contributed by atoms with Crippen molar-refractivity contribution >= 4 is 50.4 Å². The lowest BCUT2D eigenvalue weighted by Gasteiger charge is -2.46. The lowest BCUT2D eigenvalue weighted by atomic mass is 9.12. The van der Waals surface area contributed by atoms with Crippen LogP contribution in [-0.2, 0) is 56.0 Å². The van der Waals surface area contributed by atoms with Crippen LogP contribution in [0, 0.1) is 0 Å². The molecule has 0 bridgehead atoms. The summed E-state index contributed by atoms with van der Waals surface area (Å²) in [6.07, 6.45) is -49.9. The Labute approximate surface area is 409 Å². The van der Waals surface area contributed by atoms with E-state index < -0.39 is 195 Å². The van der Waals surface area contributed by atoms with Crippen molar-refractivity contribution in [2.75, 3.05) is 0 Å². The molecule has 6 aromatic rings. The van der Waals surface area contributed by atoms with Crippen molar-refractivity contribution in [3.05, 3.63) is 184 Å². The summed E-state index contributed by atoms with van der Waals surface area (Å²) in [4.78, 5) is 16.0. The highest BCUT2D eigenvalue weighted by molar-refractivity contribution is 7.20. The van der Waals surface area contributed by atoms with Gasteiger partial charge in [0.15, 0.2) is 6.20 Å². The predicted octanol–water partition coefficient (Wildman–Crippen LogP) is 13.7. The van der Waals surface area contributed by atoms with Crippen LogP contribution in [-0.4, -0.2) is 16.9 Å². The zero-order chi connectivity index (χ0) is 56.9. The Hall–Kier alpha value is -6.74. The van der Waals surface area contributed by atoms with Crippen molar-refractivity contribution in [3.8, 4) is 0 Å². The van der Waals surface area contributed by atoms with Crippen molar-refractivity contribution in [2.24, 2.45) is 0 Å². The first-order valence-electron chi connectivity index (χ1n) is 20.1. The van der Waals surface area contributed by atoms with Gasteiger partial charge in [-0.25, -0.2) is 0 Å². The quantitative estimate of drug-likeness (QED) is 0.0659. The minimum absolute atomic E-state index is 0.0194. The summed E-state index contributed by atoms with van der Waals surface area (Å²) < 4.78 is 343. The molecule has 0 N–H and O–H groups in total. The predicted molar refractivity (Wildman–Crippen MR) is 220 cm³/mol.